The van der Waals surface area contributed by atoms with Gasteiger partial charge in [-0.25, -0.2) is 0 Å². The van der Waals surface area contributed by atoms with Crippen molar-refractivity contribution < 1.29 is 9.53 Å². The summed E-state index contributed by atoms with van der Waals surface area (Å²) in [6.45, 7) is 2.54. The second-order valence-corrected chi connectivity index (χ2v) is 5.81. The van der Waals surface area contributed by atoms with Crippen LogP contribution in [0.15, 0.2) is 51.8 Å². The molecule has 0 radical (unpaired) electrons. The van der Waals surface area contributed by atoms with Crippen LogP contribution in [0, 0.1) is 0 Å². The van der Waals surface area contributed by atoms with Gasteiger partial charge in [0, 0.05) is 20.5 Å². The van der Waals surface area contributed by atoms with Gasteiger partial charge >= 0.3 is 0 Å². The van der Waals surface area contributed by atoms with Crippen LogP contribution in [0.5, 0.6) is 5.75 Å². The lowest BCUT2D eigenvalue weighted by Crippen LogP contribution is -2.04. The first kappa shape index (κ1) is 15.1. The first-order chi connectivity index (χ1) is 9.67. The Morgan fingerprint density at radius 2 is 1.95 bits per heavy atom. The van der Waals surface area contributed by atoms with E-state index in [1.807, 2.05) is 49.6 Å². The van der Waals surface area contributed by atoms with Gasteiger partial charge in [0.1, 0.15) is 5.75 Å². The Bertz CT molecular complexity index is 626. The lowest BCUT2D eigenvalue weighted by molar-refractivity contribution is 0.103. The minimum Gasteiger partial charge on any atom is -0.494 e. The van der Waals surface area contributed by atoms with Gasteiger partial charge in [-0.15, -0.1) is 11.8 Å². The van der Waals surface area contributed by atoms with Crippen LogP contribution in [0.25, 0.3) is 0 Å². The zero-order valence-corrected chi connectivity index (χ0v) is 13.8. The maximum absolute atomic E-state index is 12.6. The van der Waals surface area contributed by atoms with Crippen LogP contribution in [-0.4, -0.2) is 18.6 Å². The molecule has 0 saturated heterocycles. The zero-order valence-electron chi connectivity index (χ0n) is 11.4. The van der Waals surface area contributed by atoms with Crippen LogP contribution in [-0.2, 0) is 0 Å². The molecule has 4 heteroatoms. The van der Waals surface area contributed by atoms with E-state index in [0.29, 0.717) is 12.2 Å². The van der Waals surface area contributed by atoms with Crippen molar-refractivity contribution in [1.29, 1.82) is 0 Å². The molecule has 0 fully saturated rings. The summed E-state index contributed by atoms with van der Waals surface area (Å²) in [7, 11) is 0. The van der Waals surface area contributed by atoms with Crippen molar-refractivity contribution >= 4 is 33.5 Å². The fourth-order valence-corrected chi connectivity index (χ4v) is 3.05. The topological polar surface area (TPSA) is 26.3 Å². The molecule has 0 atom stereocenters. The van der Waals surface area contributed by atoms with E-state index in [1.165, 1.54) is 0 Å². The van der Waals surface area contributed by atoms with Crippen molar-refractivity contribution in [3.63, 3.8) is 0 Å². The second kappa shape index (κ2) is 6.95. The standard InChI is InChI=1S/C16H15BrO2S/c1-3-19-11-8-9-12(14(17)10-11)16(18)13-6-4-5-7-15(13)20-2/h4-10H,3H2,1-2H3. The van der Waals surface area contributed by atoms with Gasteiger partial charge in [-0.3, -0.25) is 4.79 Å². The van der Waals surface area contributed by atoms with Crippen LogP contribution in [0.1, 0.15) is 22.8 Å². The van der Waals surface area contributed by atoms with Crippen molar-refractivity contribution in [3.8, 4) is 5.75 Å². The van der Waals surface area contributed by atoms with Gasteiger partial charge in [-0.05, 0) is 59.4 Å². The molecule has 2 nitrogen and oxygen atoms in total. The molecule has 0 N–H and O–H groups in total. The fraction of sp³-hybridized carbons (Fsp3) is 0.188. The van der Waals surface area contributed by atoms with Crippen LogP contribution >= 0.6 is 27.7 Å². The summed E-state index contributed by atoms with van der Waals surface area (Å²) in [6.07, 6.45) is 1.97. The van der Waals surface area contributed by atoms with E-state index in [4.69, 9.17) is 4.74 Å². The predicted octanol–water partition coefficient (Wildman–Crippen LogP) is 4.80. The number of thioether (sulfide) groups is 1. The Morgan fingerprint density at radius 3 is 2.60 bits per heavy atom. The number of rotatable bonds is 5. The van der Waals surface area contributed by atoms with Gasteiger partial charge in [0.05, 0.1) is 6.61 Å². The average molecular weight is 351 g/mol. The number of halogens is 1. The van der Waals surface area contributed by atoms with Gasteiger partial charge in [-0.2, -0.15) is 0 Å². The van der Waals surface area contributed by atoms with Gasteiger partial charge in [0.2, 0.25) is 0 Å². The average Bonchev–Trinajstić information content (AvgIpc) is 2.47. The lowest BCUT2D eigenvalue weighted by Gasteiger charge is -2.09. The molecule has 0 aliphatic carbocycles. The quantitative estimate of drug-likeness (QED) is 0.572. The minimum absolute atomic E-state index is 0.0184. The number of carbonyl (C=O) groups is 1. The summed E-state index contributed by atoms with van der Waals surface area (Å²) in [5.41, 5.74) is 1.37. The molecule has 0 aliphatic heterocycles. The van der Waals surface area contributed by atoms with Crippen molar-refractivity contribution in [2.45, 2.75) is 11.8 Å². The zero-order chi connectivity index (χ0) is 14.5. The van der Waals surface area contributed by atoms with Crippen LogP contribution in [0.2, 0.25) is 0 Å². The number of benzene rings is 2. The highest BCUT2D eigenvalue weighted by Gasteiger charge is 2.16. The van der Waals surface area contributed by atoms with E-state index < -0.39 is 0 Å². The van der Waals surface area contributed by atoms with E-state index in [1.54, 1.807) is 17.8 Å². The van der Waals surface area contributed by atoms with Crippen molar-refractivity contribution in [2.24, 2.45) is 0 Å². The first-order valence-corrected chi connectivity index (χ1v) is 8.29. The molecule has 0 unspecified atom stereocenters. The number of ketones is 1. The number of carbonyl (C=O) groups excluding carboxylic acids is 1. The summed E-state index contributed by atoms with van der Waals surface area (Å²) in [5.74, 6) is 0.777. The highest BCUT2D eigenvalue weighted by molar-refractivity contribution is 9.10. The SMILES string of the molecule is CCOc1ccc(C(=O)c2ccccc2SC)c(Br)c1. The molecule has 20 heavy (non-hydrogen) atoms. The number of hydrogen-bond donors (Lipinski definition) is 0. The molecule has 0 heterocycles. The van der Waals surface area contributed by atoms with E-state index in [-0.39, 0.29) is 5.78 Å². The molecular weight excluding hydrogens is 336 g/mol. The Hall–Kier alpha value is -1.26. The van der Waals surface area contributed by atoms with Crippen LogP contribution in [0.3, 0.4) is 0 Å². The monoisotopic (exact) mass is 350 g/mol. The Morgan fingerprint density at radius 1 is 1.20 bits per heavy atom. The van der Waals surface area contributed by atoms with Crippen molar-refractivity contribution in [1.82, 2.24) is 0 Å². The summed E-state index contributed by atoms with van der Waals surface area (Å²) in [4.78, 5) is 13.6. The maximum atomic E-state index is 12.6. The number of hydrogen-bond acceptors (Lipinski definition) is 3. The smallest absolute Gasteiger partial charge is 0.195 e. The number of ether oxygens (including phenoxy) is 1. The summed E-state index contributed by atoms with van der Waals surface area (Å²) < 4.78 is 6.18. The fourth-order valence-electron chi connectivity index (χ4n) is 1.91. The Labute approximate surface area is 131 Å². The van der Waals surface area contributed by atoms with E-state index in [0.717, 1.165) is 20.7 Å². The normalized spacial score (nSPS) is 10.3. The van der Waals surface area contributed by atoms with Gasteiger partial charge in [-0.1, -0.05) is 12.1 Å². The van der Waals surface area contributed by atoms with E-state index in [2.05, 4.69) is 15.9 Å². The molecule has 2 aromatic carbocycles. The molecule has 104 valence electrons. The third-order valence-electron chi connectivity index (χ3n) is 2.85. The third kappa shape index (κ3) is 3.25. The molecule has 0 aromatic heterocycles. The highest BCUT2D eigenvalue weighted by Crippen LogP contribution is 2.28. The van der Waals surface area contributed by atoms with Crippen molar-refractivity contribution in [3.05, 3.63) is 58.1 Å². The molecule has 0 amide bonds. The molecule has 2 aromatic rings. The second-order valence-electron chi connectivity index (χ2n) is 4.10. The summed E-state index contributed by atoms with van der Waals surface area (Å²) >= 11 is 5.03. The van der Waals surface area contributed by atoms with Crippen LogP contribution in [0.4, 0.5) is 0 Å². The maximum Gasteiger partial charge on any atom is 0.195 e. The van der Waals surface area contributed by atoms with E-state index >= 15 is 0 Å². The highest BCUT2D eigenvalue weighted by atomic mass is 79.9. The molecule has 0 saturated carbocycles. The van der Waals surface area contributed by atoms with Gasteiger partial charge in [0.25, 0.3) is 0 Å². The van der Waals surface area contributed by atoms with Crippen LogP contribution < -0.4 is 4.74 Å². The Kier molecular flexibility index (Phi) is 5.26. The summed E-state index contributed by atoms with van der Waals surface area (Å²) in [5, 5.41) is 0. The molecule has 2 rings (SSSR count). The van der Waals surface area contributed by atoms with Gasteiger partial charge < -0.3 is 4.74 Å². The van der Waals surface area contributed by atoms with E-state index in [9.17, 15) is 4.79 Å². The third-order valence-corrected chi connectivity index (χ3v) is 4.30. The Balaban J connectivity index is 2.38. The predicted molar refractivity (Wildman–Crippen MR) is 87.0 cm³/mol. The van der Waals surface area contributed by atoms with Gasteiger partial charge in [0.15, 0.2) is 5.78 Å². The molecule has 0 bridgehead atoms. The largest absolute Gasteiger partial charge is 0.494 e. The van der Waals surface area contributed by atoms with Crippen molar-refractivity contribution in [2.75, 3.05) is 12.9 Å². The molecular formula is C16H15BrO2S. The molecule has 0 spiro atoms. The minimum atomic E-state index is 0.0184. The molecule has 0 aliphatic rings. The lowest BCUT2D eigenvalue weighted by atomic mass is 10.0. The first-order valence-electron chi connectivity index (χ1n) is 6.27. The summed E-state index contributed by atoms with van der Waals surface area (Å²) in [6, 6.07) is 13.1.